The summed E-state index contributed by atoms with van der Waals surface area (Å²) in [5.41, 5.74) is 2.71. The highest BCUT2D eigenvalue weighted by atomic mass is 15.2. The Hall–Kier alpha value is -1.09. The van der Waals surface area contributed by atoms with Crippen LogP contribution in [0.25, 0.3) is 0 Å². The minimum atomic E-state index is 0.691. The highest BCUT2D eigenvalue weighted by Gasteiger charge is 2.22. The van der Waals surface area contributed by atoms with Crippen molar-refractivity contribution in [3.8, 4) is 0 Å². The molecule has 1 aromatic heterocycles. The Balaban J connectivity index is 2.00. The molecule has 1 unspecified atom stereocenters. The van der Waals surface area contributed by atoms with Gasteiger partial charge in [0, 0.05) is 43.3 Å². The van der Waals surface area contributed by atoms with E-state index >= 15 is 0 Å². The molecule has 1 aliphatic heterocycles. The summed E-state index contributed by atoms with van der Waals surface area (Å²) in [5.74, 6) is 1.56. The molecular formula is C16H27N3. The molecule has 2 heterocycles. The molecule has 106 valence electrons. The molecule has 0 spiro atoms. The average Bonchev–Trinajstić information content (AvgIpc) is 2.87. The number of anilines is 1. The van der Waals surface area contributed by atoms with Gasteiger partial charge >= 0.3 is 0 Å². The van der Waals surface area contributed by atoms with Crippen LogP contribution in [0.15, 0.2) is 18.5 Å². The Labute approximate surface area is 117 Å². The molecule has 0 bridgehead atoms. The van der Waals surface area contributed by atoms with Crippen LogP contribution in [0.1, 0.15) is 39.2 Å². The third-order valence-electron chi connectivity index (χ3n) is 3.95. The van der Waals surface area contributed by atoms with Crippen molar-refractivity contribution in [1.82, 2.24) is 10.3 Å². The molecule has 1 aromatic rings. The number of nitrogens with zero attached hydrogens (tertiary/aromatic N) is 2. The standard InChI is InChI=1S/C16H27N3/c1-4-14-6-8-19(12-14)16-5-7-17-10-15(16)11-18-9-13(2)3/h5,7,10,13-14,18H,4,6,8-9,11-12H2,1-3H3. The maximum Gasteiger partial charge on any atom is 0.0442 e. The van der Waals surface area contributed by atoms with E-state index in [1.54, 1.807) is 0 Å². The van der Waals surface area contributed by atoms with Crippen molar-refractivity contribution in [2.45, 2.75) is 40.2 Å². The highest BCUT2D eigenvalue weighted by molar-refractivity contribution is 5.53. The van der Waals surface area contributed by atoms with E-state index in [1.807, 2.05) is 12.4 Å². The number of nitrogens with one attached hydrogen (secondary N) is 1. The third kappa shape index (κ3) is 3.93. The van der Waals surface area contributed by atoms with Gasteiger partial charge < -0.3 is 10.2 Å². The third-order valence-corrected chi connectivity index (χ3v) is 3.95. The molecule has 2 rings (SSSR count). The molecular weight excluding hydrogens is 234 g/mol. The van der Waals surface area contributed by atoms with Gasteiger partial charge in [0.15, 0.2) is 0 Å². The Morgan fingerprint density at radius 1 is 1.47 bits per heavy atom. The molecule has 3 heteroatoms. The number of hydrogen-bond acceptors (Lipinski definition) is 3. The largest absolute Gasteiger partial charge is 0.371 e. The van der Waals surface area contributed by atoms with Gasteiger partial charge in [-0.2, -0.15) is 0 Å². The fourth-order valence-electron chi connectivity index (χ4n) is 2.74. The molecule has 19 heavy (non-hydrogen) atoms. The van der Waals surface area contributed by atoms with Gasteiger partial charge in [0.2, 0.25) is 0 Å². The van der Waals surface area contributed by atoms with Crippen LogP contribution in [0.2, 0.25) is 0 Å². The first-order chi connectivity index (χ1) is 9.20. The van der Waals surface area contributed by atoms with E-state index in [0.29, 0.717) is 5.92 Å². The Morgan fingerprint density at radius 2 is 2.32 bits per heavy atom. The van der Waals surface area contributed by atoms with Gasteiger partial charge in [-0.3, -0.25) is 4.98 Å². The smallest absolute Gasteiger partial charge is 0.0442 e. The molecule has 3 nitrogen and oxygen atoms in total. The maximum absolute atomic E-state index is 4.29. The summed E-state index contributed by atoms with van der Waals surface area (Å²) in [6.45, 7) is 11.2. The zero-order chi connectivity index (χ0) is 13.7. The summed E-state index contributed by atoms with van der Waals surface area (Å²) in [7, 11) is 0. The van der Waals surface area contributed by atoms with Crippen LogP contribution >= 0.6 is 0 Å². The van der Waals surface area contributed by atoms with Crippen molar-refractivity contribution in [3.63, 3.8) is 0 Å². The van der Waals surface area contributed by atoms with Crippen LogP contribution in [0.3, 0.4) is 0 Å². The Bertz CT molecular complexity index is 389. The van der Waals surface area contributed by atoms with E-state index in [0.717, 1.165) is 19.0 Å². The molecule has 0 saturated carbocycles. The van der Waals surface area contributed by atoms with Crippen molar-refractivity contribution >= 4 is 5.69 Å². The second kappa shape index (κ2) is 6.90. The summed E-state index contributed by atoms with van der Waals surface area (Å²) in [6.07, 6.45) is 6.56. The number of rotatable bonds is 6. The zero-order valence-electron chi connectivity index (χ0n) is 12.5. The minimum Gasteiger partial charge on any atom is -0.371 e. The van der Waals surface area contributed by atoms with Crippen molar-refractivity contribution in [2.24, 2.45) is 11.8 Å². The summed E-state index contributed by atoms with van der Waals surface area (Å²) in [6, 6.07) is 2.17. The minimum absolute atomic E-state index is 0.691. The molecule has 0 amide bonds. The molecule has 0 aliphatic carbocycles. The second-order valence-electron chi connectivity index (χ2n) is 6.04. The first-order valence-electron chi connectivity index (χ1n) is 7.59. The molecule has 1 fully saturated rings. The second-order valence-corrected chi connectivity index (χ2v) is 6.04. The van der Waals surface area contributed by atoms with Crippen LogP contribution < -0.4 is 10.2 Å². The van der Waals surface area contributed by atoms with Crippen LogP contribution in [0.5, 0.6) is 0 Å². The van der Waals surface area contributed by atoms with Gasteiger partial charge in [-0.25, -0.2) is 0 Å². The lowest BCUT2D eigenvalue weighted by Crippen LogP contribution is -2.24. The normalized spacial score (nSPS) is 19.4. The first kappa shape index (κ1) is 14.3. The van der Waals surface area contributed by atoms with E-state index in [9.17, 15) is 0 Å². The van der Waals surface area contributed by atoms with Gasteiger partial charge in [0.25, 0.3) is 0 Å². The predicted octanol–water partition coefficient (Wildman–Crippen LogP) is 3.06. The van der Waals surface area contributed by atoms with E-state index in [2.05, 4.69) is 42.0 Å². The first-order valence-corrected chi connectivity index (χ1v) is 7.59. The van der Waals surface area contributed by atoms with Crippen LogP contribution in [0, 0.1) is 11.8 Å². The Kier molecular flexibility index (Phi) is 5.20. The summed E-state index contributed by atoms with van der Waals surface area (Å²) in [5, 5.41) is 3.52. The average molecular weight is 261 g/mol. The van der Waals surface area contributed by atoms with Crippen molar-refractivity contribution in [2.75, 3.05) is 24.5 Å². The molecule has 0 radical (unpaired) electrons. The Morgan fingerprint density at radius 3 is 3.00 bits per heavy atom. The molecule has 1 aliphatic rings. The highest BCUT2D eigenvalue weighted by Crippen LogP contribution is 2.27. The van der Waals surface area contributed by atoms with Crippen molar-refractivity contribution in [3.05, 3.63) is 24.0 Å². The van der Waals surface area contributed by atoms with Crippen LogP contribution in [0.4, 0.5) is 5.69 Å². The summed E-state index contributed by atoms with van der Waals surface area (Å²) < 4.78 is 0. The van der Waals surface area contributed by atoms with Gasteiger partial charge in [-0.05, 0) is 30.9 Å². The predicted molar refractivity (Wildman–Crippen MR) is 81.4 cm³/mol. The van der Waals surface area contributed by atoms with Gasteiger partial charge in [-0.1, -0.05) is 27.2 Å². The maximum atomic E-state index is 4.29. The summed E-state index contributed by atoms with van der Waals surface area (Å²) >= 11 is 0. The van der Waals surface area contributed by atoms with Crippen LogP contribution in [-0.4, -0.2) is 24.6 Å². The van der Waals surface area contributed by atoms with E-state index in [1.165, 1.54) is 37.2 Å². The molecule has 0 aromatic carbocycles. The lowest BCUT2D eigenvalue weighted by atomic mass is 10.1. The molecule has 1 saturated heterocycles. The zero-order valence-corrected chi connectivity index (χ0v) is 12.5. The van der Waals surface area contributed by atoms with E-state index in [-0.39, 0.29) is 0 Å². The fourth-order valence-corrected chi connectivity index (χ4v) is 2.74. The number of pyridine rings is 1. The monoisotopic (exact) mass is 261 g/mol. The van der Waals surface area contributed by atoms with Crippen LogP contribution in [-0.2, 0) is 6.54 Å². The van der Waals surface area contributed by atoms with E-state index in [4.69, 9.17) is 0 Å². The number of hydrogen-bond donors (Lipinski definition) is 1. The quantitative estimate of drug-likeness (QED) is 0.853. The molecule has 1 N–H and O–H groups in total. The number of aromatic nitrogens is 1. The fraction of sp³-hybridized carbons (Fsp3) is 0.688. The molecule has 1 atom stereocenters. The lowest BCUT2D eigenvalue weighted by molar-refractivity contribution is 0.551. The SMILES string of the molecule is CCC1CCN(c2ccncc2CNCC(C)C)C1. The van der Waals surface area contributed by atoms with Gasteiger partial charge in [-0.15, -0.1) is 0 Å². The van der Waals surface area contributed by atoms with E-state index < -0.39 is 0 Å². The lowest BCUT2D eigenvalue weighted by Gasteiger charge is -2.22. The van der Waals surface area contributed by atoms with Gasteiger partial charge in [0.1, 0.15) is 0 Å². The van der Waals surface area contributed by atoms with Crippen molar-refractivity contribution in [1.29, 1.82) is 0 Å². The van der Waals surface area contributed by atoms with Crippen molar-refractivity contribution < 1.29 is 0 Å². The topological polar surface area (TPSA) is 28.2 Å². The van der Waals surface area contributed by atoms with Gasteiger partial charge in [0.05, 0.1) is 0 Å². The summed E-state index contributed by atoms with van der Waals surface area (Å²) in [4.78, 5) is 6.82.